The molecule has 0 bridgehead atoms. The average Bonchev–Trinajstić information content (AvgIpc) is 3.03. The molecule has 0 unspecified atom stereocenters. The van der Waals surface area contributed by atoms with E-state index < -0.39 is 0 Å². The summed E-state index contributed by atoms with van der Waals surface area (Å²) >= 11 is 0. The van der Waals surface area contributed by atoms with E-state index in [1.807, 2.05) is 54.6 Å². The van der Waals surface area contributed by atoms with Crippen LogP contribution in [0.3, 0.4) is 0 Å². The van der Waals surface area contributed by atoms with Crippen LogP contribution in [0.5, 0.6) is 5.75 Å². The van der Waals surface area contributed by atoms with Gasteiger partial charge in [-0.25, -0.2) is 4.98 Å². The van der Waals surface area contributed by atoms with Gasteiger partial charge in [-0.15, -0.1) is 0 Å². The molecule has 4 aromatic rings. The first-order chi connectivity index (χ1) is 10.8. The van der Waals surface area contributed by atoms with Crippen LogP contribution < -0.4 is 10.1 Å². The number of hydrogen-bond donors (Lipinski definition) is 1. The number of ether oxygens (including phenoxy) is 1. The highest BCUT2D eigenvalue weighted by Crippen LogP contribution is 2.34. The van der Waals surface area contributed by atoms with Crippen LogP contribution in [0.1, 0.15) is 0 Å². The van der Waals surface area contributed by atoms with Crippen LogP contribution in [0.15, 0.2) is 65.3 Å². The van der Waals surface area contributed by atoms with Crippen molar-refractivity contribution < 1.29 is 9.15 Å². The number of methoxy groups -OCH3 is 1. The predicted octanol–water partition coefficient (Wildman–Crippen LogP) is 4.73. The summed E-state index contributed by atoms with van der Waals surface area (Å²) in [5.74, 6) is 0.775. The van der Waals surface area contributed by atoms with Gasteiger partial charge in [0, 0.05) is 17.1 Å². The summed E-state index contributed by atoms with van der Waals surface area (Å²) in [4.78, 5) is 4.56. The Morgan fingerprint density at radius 3 is 2.68 bits per heavy atom. The fourth-order valence-electron chi connectivity index (χ4n) is 2.58. The minimum Gasteiger partial charge on any atom is -0.497 e. The van der Waals surface area contributed by atoms with Crippen LogP contribution in [0.25, 0.3) is 22.0 Å². The molecule has 4 nitrogen and oxygen atoms in total. The Hall–Kier alpha value is -3.01. The SMILES string of the molecule is COc1ccc2c(Nc3ccccc3)c3ccoc3nc2c1. The van der Waals surface area contributed by atoms with E-state index in [0.29, 0.717) is 5.71 Å². The van der Waals surface area contributed by atoms with Crippen molar-refractivity contribution in [1.29, 1.82) is 0 Å². The smallest absolute Gasteiger partial charge is 0.228 e. The minimum atomic E-state index is 0.610. The number of nitrogens with one attached hydrogen (secondary N) is 1. The molecule has 1 N–H and O–H groups in total. The lowest BCUT2D eigenvalue weighted by Gasteiger charge is -2.11. The number of anilines is 2. The zero-order valence-corrected chi connectivity index (χ0v) is 12.0. The van der Waals surface area contributed by atoms with Crippen LogP contribution in [0.4, 0.5) is 11.4 Å². The van der Waals surface area contributed by atoms with Crippen molar-refractivity contribution in [2.75, 3.05) is 12.4 Å². The van der Waals surface area contributed by atoms with Gasteiger partial charge in [0.1, 0.15) is 5.75 Å². The number of furan rings is 1. The first kappa shape index (κ1) is 12.7. The van der Waals surface area contributed by atoms with E-state index in [1.165, 1.54) is 0 Å². The second-order valence-corrected chi connectivity index (χ2v) is 5.00. The highest BCUT2D eigenvalue weighted by Gasteiger charge is 2.12. The van der Waals surface area contributed by atoms with E-state index in [0.717, 1.165) is 33.4 Å². The Morgan fingerprint density at radius 2 is 1.86 bits per heavy atom. The van der Waals surface area contributed by atoms with Gasteiger partial charge < -0.3 is 14.5 Å². The molecule has 2 heterocycles. The molecule has 4 heteroatoms. The van der Waals surface area contributed by atoms with Gasteiger partial charge in [-0.3, -0.25) is 0 Å². The lowest BCUT2D eigenvalue weighted by Crippen LogP contribution is -1.94. The molecule has 108 valence electrons. The molecule has 22 heavy (non-hydrogen) atoms. The van der Waals surface area contributed by atoms with E-state index in [-0.39, 0.29) is 0 Å². The Bertz CT molecular complexity index is 945. The second kappa shape index (κ2) is 5.07. The fourth-order valence-corrected chi connectivity index (χ4v) is 2.58. The molecule has 0 radical (unpaired) electrons. The standard InChI is InChI=1S/C18H14N2O2/c1-21-13-7-8-14-16(11-13)20-18-15(9-10-22-18)17(14)19-12-5-3-2-4-6-12/h2-11H,1H3,(H,19,20). The topological polar surface area (TPSA) is 47.3 Å². The van der Waals surface area contributed by atoms with Crippen molar-refractivity contribution in [1.82, 2.24) is 4.98 Å². The molecule has 4 rings (SSSR count). The average molecular weight is 290 g/mol. The van der Waals surface area contributed by atoms with Crippen molar-refractivity contribution >= 4 is 33.4 Å². The van der Waals surface area contributed by atoms with Gasteiger partial charge in [0.15, 0.2) is 0 Å². The van der Waals surface area contributed by atoms with Crippen molar-refractivity contribution in [2.24, 2.45) is 0 Å². The molecule has 0 amide bonds. The Balaban J connectivity index is 1.97. The number of benzene rings is 2. The van der Waals surface area contributed by atoms with Crippen LogP contribution in [0.2, 0.25) is 0 Å². The maximum atomic E-state index is 5.49. The van der Waals surface area contributed by atoms with E-state index >= 15 is 0 Å². The number of rotatable bonds is 3. The van der Waals surface area contributed by atoms with Crippen LogP contribution >= 0.6 is 0 Å². The van der Waals surface area contributed by atoms with Gasteiger partial charge in [-0.1, -0.05) is 18.2 Å². The monoisotopic (exact) mass is 290 g/mol. The van der Waals surface area contributed by atoms with Crippen LogP contribution in [-0.2, 0) is 0 Å². The van der Waals surface area contributed by atoms with Crippen molar-refractivity contribution in [2.45, 2.75) is 0 Å². The van der Waals surface area contributed by atoms with Crippen LogP contribution in [0, 0.1) is 0 Å². The zero-order valence-electron chi connectivity index (χ0n) is 12.0. The highest BCUT2D eigenvalue weighted by atomic mass is 16.5. The summed E-state index contributed by atoms with van der Waals surface area (Å²) in [6.07, 6.45) is 1.66. The molecule has 0 aliphatic heterocycles. The first-order valence-corrected chi connectivity index (χ1v) is 7.02. The Labute approximate surface area is 127 Å². The molecular formula is C18H14N2O2. The lowest BCUT2D eigenvalue weighted by atomic mass is 10.1. The Morgan fingerprint density at radius 1 is 1.00 bits per heavy atom. The summed E-state index contributed by atoms with van der Waals surface area (Å²) < 4.78 is 10.8. The van der Waals surface area contributed by atoms with Crippen molar-refractivity contribution in [3.8, 4) is 5.75 Å². The number of fused-ring (bicyclic) bond motifs is 2. The quantitative estimate of drug-likeness (QED) is 0.592. The number of nitrogens with zero attached hydrogens (tertiary/aromatic N) is 1. The first-order valence-electron chi connectivity index (χ1n) is 7.02. The van der Waals surface area contributed by atoms with Crippen molar-refractivity contribution in [3.05, 3.63) is 60.9 Å². The second-order valence-electron chi connectivity index (χ2n) is 5.00. The number of pyridine rings is 1. The van der Waals surface area contributed by atoms with Gasteiger partial charge >= 0.3 is 0 Å². The van der Waals surface area contributed by atoms with E-state index in [1.54, 1.807) is 13.4 Å². The predicted molar refractivity (Wildman–Crippen MR) is 87.8 cm³/mol. The van der Waals surface area contributed by atoms with Crippen LogP contribution in [-0.4, -0.2) is 12.1 Å². The summed E-state index contributed by atoms with van der Waals surface area (Å²) in [6, 6.07) is 17.8. The third-order valence-electron chi connectivity index (χ3n) is 3.65. The third-order valence-corrected chi connectivity index (χ3v) is 3.65. The molecule has 0 fully saturated rings. The molecule has 0 saturated heterocycles. The van der Waals surface area contributed by atoms with Gasteiger partial charge in [0.05, 0.1) is 30.0 Å². The third kappa shape index (κ3) is 2.05. The molecule has 0 saturated carbocycles. The van der Waals surface area contributed by atoms with E-state index in [2.05, 4.69) is 10.3 Å². The summed E-state index contributed by atoms with van der Waals surface area (Å²) in [7, 11) is 1.65. The summed E-state index contributed by atoms with van der Waals surface area (Å²) in [5, 5.41) is 5.46. The molecule has 2 aromatic heterocycles. The van der Waals surface area contributed by atoms with E-state index in [9.17, 15) is 0 Å². The molecule has 0 aliphatic carbocycles. The number of aromatic nitrogens is 1. The lowest BCUT2D eigenvalue weighted by molar-refractivity contribution is 0.415. The largest absolute Gasteiger partial charge is 0.497 e. The zero-order chi connectivity index (χ0) is 14.9. The summed E-state index contributed by atoms with van der Waals surface area (Å²) in [6.45, 7) is 0. The Kier molecular flexibility index (Phi) is 2.93. The normalized spacial score (nSPS) is 11.0. The van der Waals surface area contributed by atoms with Crippen molar-refractivity contribution in [3.63, 3.8) is 0 Å². The minimum absolute atomic E-state index is 0.610. The number of hydrogen-bond acceptors (Lipinski definition) is 4. The molecule has 0 atom stereocenters. The van der Waals surface area contributed by atoms with Gasteiger partial charge in [-0.05, 0) is 30.3 Å². The molecule has 2 aromatic carbocycles. The number of para-hydroxylation sites is 1. The maximum absolute atomic E-state index is 5.49. The summed E-state index contributed by atoms with van der Waals surface area (Å²) in [5.41, 5.74) is 3.45. The van der Waals surface area contributed by atoms with E-state index in [4.69, 9.17) is 9.15 Å². The fraction of sp³-hybridized carbons (Fsp3) is 0.0556. The van der Waals surface area contributed by atoms with Gasteiger partial charge in [0.2, 0.25) is 5.71 Å². The molecular weight excluding hydrogens is 276 g/mol. The van der Waals surface area contributed by atoms with Gasteiger partial charge in [-0.2, -0.15) is 0 Å². The molecule has 0 aliphatic rings. The maximum Gasteiger partial charge on any atom is 0.228 e. The van der Waals surface area contributed by atoms with Gasteiger partial charge in [0.25, 0.3) is 0 Å². The molecule has 0 spiro atoms. The highest BCUT2D eigenvalue weighted by molar-refractivity contribution is 6.07.